The van der Waals surface area contributed by atoms with Gasteiger partial charge in [0.25, 0.3) is 5.91 Å². The molecule has 2 aromatic rings. The van der Waals surface area contributed by atoms with Gasteiger partial charge in [0.05, 0.1) is 22.8 Å². The number of nitrogens with one attached hydrogen (secondary N) is 1. The van der Waals surface area contributed by atoms with Crippen LogP contribution in [-0.2, 0) is 15.8 Å². The summed E-state index contributed by atoms with van der Waals surface area (Å²) in [7, 11) is 0. The summed E-state index contributed by atoms with van der Waals surface area (Å²) in [5, 5.41) is 2.21. The first-order valence-corrected chi connectivity index (χ1v) is 10.4. The van der Waals surface area contributed by atoms with E-state index >= 15 is 0 Å². The molecule has 5 nitrogen and oxygen atoms in total. The van der Waals surface area contributed by atoms with Crippen molar-refractivity contribution in [1.82, 2.24) is 4.90 Å². The van der Waals surface area contributed by atoms with E-state index in [1.54, 1.807) is 30.3 Å². The molecule has 0 bridgehead atoms. The van der Waals surface area contributed by atoms with E-state index in [2.05, 4.69) is 5.32 Å². The number of halogens is 3. The van der Waals surface area contributed by atoms with Crippen molar-refractivity contribution in [3.8, 4) is 5.75 Å². The van der Waals surface area contributed by atoms with Crippen molar-refractivity contribution in [2.75, 3.05) is 18.5 Å². The molecule has 1 fully saturated rings. The molecule has 1 heterocycles. The number of hydrogen-bond acceptors (Lipinski definition) is 5. The number of thiocarbonyl (C=S) groups is 1. The van der Waals surface area contributed by atoms with Gasteiger partial charge in [-0.2, -0.15) is 13.2 Å². The Morgan fingerprint density at radius 1 is 1.19 bits per heavy atom. The second kappa shape index (κ2) is 9.52. The summed E-state index contributed by atoms with van der Waals surface area (Å²) >= 11 is 6.21. The lowest BCUT2D eigenvalue weighted by Gasteiger charge is -2.16. The van der Waals surface area contributed by atoms with E-state index in [9.17, 15) is 22.8 Å². The maximum atomic E-state index is 13.1. The number of hydrogen-bond donors (Lipinski definition) is 1. The number of para-hydroxylation sites is 1. The predicted molar refractivity (Wildman–Crippen MR) is 118 cm³/mol. The Bertz CT molecular complexity index is 1040. The third-order valence-electron chi connectivity index (χ3n) is 4.17. The minimum absolute atomic E-state index is 0.154. The standard InChI is InChI=1S/C21H17F3N2O3S2/c1-2-29-14-9-7-13(8-10-14)11-17-19(28)26(20(30)31-17)12-18(27)25-16-6-4-3-5-15(16)21(22,23)24/h3-11H,2,12H2,1H3,(H,25,27)/b17-11-. The van der Waals surface area contributed by atoms with E-state index in [0.29, 0.717) is 17.3 Å². The van der Waals surface area contributed by atoms with Crippen molar-refractivity contribution >= 4 is 51.9 Å². The van der Waals surface area contributed by atoms with E-state index < -0.39 is 30.1 Å². The molecule has 1 aliphatic rings. The average Bonchev–Trinajstić information content (AvgIpc) is 2.96. The fourth-order valence-electron chi connectivity index (χ4n) is 2.79. The largest absolute Gasteiger partial charge is 0.494 e. The van der Waals surface area contributed by atoms with E-state index in [1.165, 1.54) is 12.1 Å². The van der Waals surface area contributed by atoms with Gasteiger partial charge in [-0.3, -0.25) is 14.5 Å². The molecule has 2 aromatic carbocycles. The number of amides is 2. The van der Waals surface area contributed by atoms with Crippen LogP contribution in [0.25, 0.3) is 6.08 Å². The molecule has 1 N–H and O–H groups in total. The summed E-state index contributed by atoms with van der Waals surface area (Å²) in [5.41, 5.74) is -0.605. The van der Waals surface area contributed by atoms with Crippen LogP contribution in [-0.4, -0.2) is 34.2 Å². The van der Waals surface area contributed by atoms with Gasteiger partial charge in [0.1, 0.15) is 16.6 Å². The van der Waals surface area contributed by atoms with E-state index in [0.717, 1.165) is 34.4 Å². The van der Waals surface area contributed by atoms with Gasteiger partial charge in [-0.05, 0) is 42.8 Å². The van der Waals surface area contributed by atoms with Gasteiger partial charge in [0.15, 0.2) is 0 Å². The lowest BCUT2D eigenvalue weighted by Crippen LogP contribution is -2.36. The smallest absolute Gasteiger partial charge is 0.418 e. The van der Waals surface area contributed by atoms with Gasteiger partial charge in [-0.1, -0.05) is 48.2 Å². The van der Waals surface area contributed by atoms with Crippen LogP contribution >= 0.6 is 24.0 Å². The van der Waals surface area contributed by atoms with Crippen LogP contribution in [0.5, 0.6) is 5.75 Å². The third-order valence-corrected chi connectivity index (χ3v) is 5.55. The lowest BCUT2D eigenvalue weighted by atomic mass is 10.1. The highest BCUT2D eigenvalue weighted by molar-refractivity contribution is 8.26. The van der Waals surface area contributed by atoms with Crippen LogP contribution in [0.3, 0.4) is 0 Å². The van der Waals surface area contributed by atoms with Gasteiger partial charge < -0.3 is 10.1 Å². The van der Waals surface area contributed by atoms with Crippen molar-refractivity contribution in [1.29, 1.82) is 0 Å². The zero-order valence-electron chi connectivity index (χ0n) is 16.2. The minimum Gasteiger partial charge on any atom is -0.494 e. The molecule has 0 aliphatic carbocycles. The van der Waals surface area contributed by atoms with Gasteiger partial charge in [0, 0.05) is 0 Å². The molecular formula is C21H17F3N2O3S2. The molecular weight excluding hydrogens is 449 g/mol. The maximum absolute atomic E-state index is 13.1. The molecule has 0 atom stereocenters. The number of anilines is 1. The number of carbonyl (C=O) groups is 2. The van der Waals surface area contributed by atoms with E-state index in [-0.39, 0.29) is 10.0 Å². The van der Waals surface area contributed by atoms with Crippen LogP contribution in [0.1, 0.15) is 18.1 Å². The minimum atomic E-state index is -4.62. The summed E-state index contributed by atoms with van der Waals surface area (Å²) in [5.74, 6) is -0.568. The monoisotopic (exact) mass is 466 g/mol. The zero-order valence-corrected chi connectivity index (χ0v) is 17.9. The van der Waals surface area contributed by atoms with E-state index in [1.807, 2.05) is 6.92 Å². The van der Waals surface area contributed by atoms with Crippen molar-refractivity contribution < 1.29 is 27.5 Å². The van der Waals surface area contributed by atoms with Crippen molar-refractivity contribution in [2.45, 2.75) is 13.1 Å². The summed E-state index contributed by atoms with van der Waals surface area (Å²) in [6.07, 6.45) is -2.99. The summed E-state index contributed by atoms with van der Waals surface area (Å²) in [6.45, 7) is 1.92. The molecule has 0 spiro atoms. The van der Waals surface area contributed by atoms with Crippen LogP contribution in [0, 0.1) is 0 Å². The molecule has 2 amide bonds. The summed E-state index contributed by atoms with van der Waals surface area (Å²) in [4.78, 5) is 26.4. The molecule has 31 heavy (non-hydrogen) atoms. The first-order valence-electron chi connectivity index (χ1n) is 9.13. The zero-order chi connectivity index (χ0) is 22.6. The maximum Gasteiger partial charge on any atom is 0.418 e. The normalized spacial score (nSPS) is 15.5. The molecule has 1 aliphatic heterocycles. The van der Waals surface area contributed by atoms with Crippen LogP contribution in [0.15, 0.2) is 53.4 Å². The number of rotatable bonds is 6. The molecule has 0 unspecified atom stereocenters. The number of thioether (sulfide) groups is 1. The van der Waals surface area contributed by atoms with Crippen LogP contribution in [0.4, 0.5) is 18.9 Å². The highest BCUT2D eigenvalue weighted by Gasteiger charge is 2.35. The van der Waals surface area contributed by atoms with Gasteiger partial charge >= 0.3 is 6.18 Å². The second-order valence-electron chi connectivity index (χ2n) is 6.36. The molecule has 0 aromatic heterocycles. The fraction of sp³-hybridized carbons (Fsp3) is 0.190. The Hall–Kier alpha value is -2.85. The van der Waals surface area contributed by atoms with Gasteiger partial charge in [0.2, 0.25) is 5.91 Å². The van der Waals surface area contributed by atoms with Gasteiger partial charge in [-0.15, -0.1) is 0 Å². The molecule has 1 saturated heterocycles. The number of benzene rings is 2. The van der Waals surface area contributed by atoms with Crippen LogP contribution < -0.4 is 10.1 Å². The van der Waals surface area contributed by atoms with Crippen LogP contribution in [0.2, 0.25) is 0 Å². The van der Waals surface area contributed by atoms with Gasteiger partial charge in [-0.25, -0.2) is 0 Å². The van der Waals surface area contributed by atoms with Crippen molar-refractivity contribution in [3.05, 3.63) is 64.6 Å². The highest BCUT2D eigenvalue weighted by Crippen LogP contribution is 2.35. The molecule has 0 saturated carbocycles. The first-order chi connectivity index (χ1) is 14.7. The molecule has 3 rings (SSSR count). The second-order valence-corrected chi connectivity index (χ2v) is 8.04. The number of nitrogens with zero attached hydrogens (tertiary/aromatic N) is 1. The van der Waals surface area contributed by atoms with E-state index in [4.69, 9.17) is 17.0 Å². The SMILES string of the molecule is CCOc1ccc(/C=C2\SC(=S)N(CC(=O)Nc3ccccc3C(F)(F)F)C2=O)cc1. The molecule has 0 radical (unpaired) electrons. The number of ether oxygens (including phenoxy) is 1. The predicted octanol–water partition coefficient (Wildman–Crippen LogP) is 4.94. The summed E-state index contributed by atoms with van der Waals surface area (Å²) in [6, 6.07) is 11.7. The Labute approximate surface area is 186 Å². The lowest BCUT2D eigenvalue weighted by molar-refractivity contribution is -0.137. The summed E-state index contributed by atoms with van der Waals surface area (Å²) < 4.78 is 44.8. The molecule has 162 valence electrons. The number of carbonyl (C=O) groups excluding carboxylic acids is 2. The quantitative estimate of drug-likeness (QED) is 0.483. The average molecular weight is 467 g/mol. The van der Waals surface area contributed by atoms with Crippen molar-refractivity contribution in [3.63, 3.8) is 0 Å². The Kier molecular flexibility index (Phi) is 7.01. The topological polar surface area (TPSA) is 58.6 Å². The highest BCUT2D eigenvalue weighted by atomic mass is 32.2. The Morgan fingerprint density at radius 2 is 1.87 bits per heavy atom. The fourth-order valence-corrected chi connectivity index (χ4v) is 4.04. The molecule has 10 heteroatoms. The Morgan fingerprint density at radius 3 is 2.52 bits per heavy atom. The third kappa shape index (κ3) is 5.65. The van der Waals surface area contributed by atoms with Crippen molar-refractivity contribution in [2.24, 2.45) is 0 Å². The first kappa shape index (κ1) is 22.8. The number of alkyl halides is 3. The Balaban J connectivity index is 1.70.